The number of ether oxygens (including phenoxy) is 1. The molecule has 2 N–H and O–H groups in total. The van der Waals surface area contributed by atoms with E-state index >= 15 is 0 Å². The lowest BCUT2D eigenvalue weighted by molar-refractivity contribution is -0.121. The Labute approximate surface area is 168 Å². The topological polar surface area (TPSA) is 70.7 Å². The van der Waals surface area contributed by atoms with Crippen LogP contribution >= 0.6 is 11.6 Å². The average molecular weight is 400 g/mol. The van der Waals surface area contributed by atoms with Crippen molar-refractivity contribution in [2.24, 2.45) is 0 Å². The molecular formula is C21H22ClN3O3. The lowest BCUT2D eigenvalue weighted by Crippen LogP contribution is -2.48. The van der Waals surface area contributed by atoms with E-state index in [0.717, 1.165) is 22.5 Å². The van der Waals surface area contributed by atoms with E-state index < -0.39 is 0 Å². The molecule has 2 aliphatic heterocycles. The Morgan fingerprint density at radius 1 is 1.21 bits per heavy atom. The van der Waals surface area contributed by atoms with Gasteiger partial charge in [0.05, 0.1) is 19.8 Å². The van der Waals surface area contributed by atoms with Crippen LogP contribution in [0.15, 0.2) is 42.5 Å². The number of benzene rings is 2. The third-order valence-electron chi connectivity index (χ3n) is 5.04. The quantitative estimate of drug-likeness (QED) is 0.829. The van der Waals surface area contributed by atoms with Gasteiger partial charge in [-0.3, -0.25) is 9.59 Å². The van der Waals surface area contributed by atoms with Crippen LogP contribution in [0.1, 0.15) is 17.5 Å². The number of anilines is 2. The first-order chi connectivity index (χ1) is 13.6. The maximum absolute atomic E-state index is 12.5. The molecule has 146 valence electrons. The van der Waals surface area contributed by atoms with E-state index in [0.29, 0.717) is 44.2 Å². The molecule has 0 aliphatic carbocycles. The number of hydrogen-bond donors (Lipinski definition) is 2. The molecule has 7 heteroatoms. The van der Waals surface area contributed by atoms with Crippen molar-refractivity contribution in [1.82, 2.24) is 5.32 Å². The van der Waals surface area contributed by atoms with Crippen molar-refractivity contribution >= 4 is 34.8 Å². The summed E-state index contributed by atoms with van der Waals surface area (Å²) in [6, 6.07) is 12.9. The largest absolute Gasteiger partial charge is 0.378 e. The minimum Gasteiger partial charge on any atom is -0.378 e. The standard InChI is InChI=1S/C21H22ClN3O3/c22-16-4-1-14(2-5-16)12-25-19-7-6-17(11-15(19)3-8-20(25)26)24-21(27)18-13-28-10-9-23-18/h1-2,4-7,11,18,23H,3,8-10,12-13H2,(H,24,27). The highest BCUT2D eigenvalue weighted by Gasteiger charge is 2.26. The predicted octanol–water partition coefficient (Wildman–Crippen LogP) is 2.75. The summed E-state index contributed by atoms with van der Waals surface area (Å²) in [4.78, 5) is 26.7. The smallest absolute Gasteiger partial charge is 0.243 e. The van der Waals surface area contributed by atoms with Crippen LogP contribution in [0.3, 0.4) is 0 Å². The highest BCUT2D eigenvalue weighted by Crippen LogP contribution is 2.31. The molecule has 0 bridgehead atoms. The summed E-state index contributed by atoms with van der Waals surface area (Å²) in [6.45, 7) is 2.17. The van der Waals surface area contributed by atoms with Crippen molar-refractivity contribution in [3.8, 4) is 0 Å². The second kappa shape index (κ2) is 8.31. The fraction of sp³-hybridized carbons (Fsp3) is 0.333. The third-order valence-corrected chi connectivity index (χ3v) is 5.29. The summed E-state index contributed by atoms with van der Waals surface area (Å²) in [5, 5.41) is 6.76. The number of rotatable bonds is 4. The van der Waals surface area contributed by atoms with E-state index in [1.54, 1.807) is 4.90 Å². The number of nitrogens with zero attached hydrogens (tertiary/aromatic N) is 1. The van der Waals surface area contributed by atoms with Gasteiger partial charge in [-0.05, 0) is 47.9 Å². The molecule has 2 aliphatic rings. The van der Waals surface area contributed by atoms with Gasteiger partial charge in [-0.15, -0.1) is 0 Å². The highest BCUT2D eigenvalue weighted by molar-refractivity contribution is 6.30. The van der Waals surface area contributed by atoms with Gasteiger partial charge in [0.1, 0.15) is 6.04 Å². The second-order valence-corrected chi connectivity index (χ2v) is 7.46. The molecule has 28 heavy (non-hydrogen) atoms. The van der Waals surface area contributed by atoms with Crippen LogP contribution in [-0.2, 0) is 27.3 Å². The number of nitrogens with one attached hydrogen (secondary N) is 2. The first kappa shape index (κ1) is 18.9. The fourth-order valence-corrected chi connectivity index (χ4v) is 3.67. The summed E-state index contributed by atoms with van der Waals surface area (Å²) in [7, 11) is 0. The van der Waals surface area contributed by atoms with Crippen molar-refractivity contribution in [2.75, 3.05) is 30.0 Å². The van der Waals surface area contributed by atoms with Crippen molar-refractivity contribution in [2.45, 2.75) is 25.4 Å². The lowest BCUT2D eigenvalue weighted by atomic mass is 9.99. The summed E-state index contributed by atoms with van der Waals surface area (Å²) >= 11 is 5.95. The van der Waals surface area contributed by atoms with Crippen molar-refractivity contribution in [3.63, 3.8) is 0 Å². The maximum atomic E-state index is 12.5. The van der Waals surface area contributed by atoms with E-state index in [-0.39, 0.29) is 17.9 Å². The van der Waals surface area contributed by atoms with Crippen molar-refractivity contribution < 1.29 is 14.3 Å². The van der Waals surface area contributed by atoms with Gasteiger partial charge in [-0.25, -0.2) is 0 Å². The minimum atomic E-state index is -0.340. The molecular weight excluding hydrogens is 378 g/mol. The molecule has 1 atom stereocenters. The molecule has 6 nitrogen and oxygen atoms in total. The Morgan fingerprint density at radius 2 is 2.04 bits per heavy atom. The van der Waals surface area contributed by atoms with Crippen molar-refractivity contribution in [3.05, 3.63) is 58.6 Å². The zero-order valence-electron chi connectivity index (χ0n) is 15.4. The minimum absolute atomic E-state index is 0.0998. The number of fused-ring (bicyclic) bond motifs is 1. The van der Waals surface area contributed by atoms with E-state index in [2.05, 4.69) is 10.6 Å². The predicted molar refractivity (Wildman–Crippen MR) is 109 cm³/mol. The molecule has 2 amide bonds. The van der Waals surface area contributed by atoms with Gasteiger partial charge >= 0.3 is 0 Å². The van der Waals surface area contributed by atoms with Gasteiger partial charge in [0, 0.05) is 29.4 Å². The Bertz CT molecular complexity index is 879. The van der Waals surface area contributed by atoms with Crippen LogP contribution < -0.4 is 15.5 Å². The first-order valence-electron chi connectivity index (χ1n) is 9.40. The number of carbonyl (C=O) groups excluding carboxylic acids is 2. The maximum Gasteiger partial charge on any atom is 0.243 e. The number of morpholine rings is 1. The zero-order valence-corrected chi connectivity index (χ0v) is 16.2. The summed E-state index contributed by atoms with van der Waals surface area (Å²) in [5.41, 5.74) is 3.70. The van der Waals surface area contributed by atoms with Crippen molar-refractivity contribution in [1.29, 1.82) is 0 Å². The molecule has 2 aromatic rings. The van der Waals surface area contributed by atoms with Gasteiger partial charge in [0.15, 0.2) is 0 Å². The molecule has 0 saturated carbocycles. The number of aryl methyl sites for hydroxylation is 1. The molecule has 2 heterocycles. The average Bonchev–Trinajstić information content (AvgIpc) is 2.72. The SMILES string of the molecule is O=C(Nc1ccc2c(c1)CCC(=O)N2Cc1ccc(Cl)cc1)C1COCCN1. The highest BCUT2D eigenvalue weighted by atomic mass is 35.5. The number of carbonyl (C=O) groups is 2. The Morgan fingerprint density at radius 3 is 2.79 bits per heavy atom. The van der Waals surface area contributed by atoms with Crippen LogP contribution in [-0.4, -0.2) is 37.6 Å². The second-order valence-electron chi connectivity index (χ2n) is 7.02. The lowest BCUT2D eigenvalue weighted by Gasteiger charge is -2.30. The number of amides is 2. The molecule has 0 spiro atoms. The molecule has 1 saturated heterocycles. The molecule has 2 aromatic carbocycles. The van der Waals surface area contributed by atoms with Gasteiger partial charge in [-0.2, -0.15) is 0 Å². The molecule has 0 radical (unpaired) electrons. The summed E-state index contributed by atoms with van der Waals surface area (Å²) in [6.07, 6.45) is 1.12. The molecule has 1 fully saturated rings. The Balaban J connectivity index is 1.50. The van der Waals surface area contributed by atoms with Gasteiger partial charge < -0.3 is 20.3 Å². The van der Waals surface area contributed by atoms with E-state index in [9.17, 15) is 9.59 Å². The van der Waals surface area contributed by atoms with Crippen LogP contribution in [0.4, 0.5) is 11.4 Å². The van der Waals surface area contributed by atoms with Crippen LogP contribution in [0.25, 0.3) is 0 Å². The van der Waals surface area contributed by atoms with E-state index in [1.807, 2.05) is 42.5 Å². The first-order valence-corrected chi connectivity index (χ1v) is 9.78. The fourth-order valence-electron chi connectivity index (χ4n) is 3.55. The normalized spacial score (nSPS) is 19.2. The number of hydrogen-bond acceptors (Lipinski definition) is 4. The molecule has 1 unspecified atom stereocenters. The number of halogens is 1. The third kappa shape index (κ3) is 4.19. The van der Waals surface area contributed by atoms with Crippen LogP contribution in [0, 0.1) is 0 Å². The van der Waals surface area contributed by atoms with Crippen LogP contribution in [0.2, 0.25) is 5.02 Å². The van der Waals surface area contributed by atoms with E-state index in [4.69, 9.17) is 16.3 Å². The molecule has 0 aromatic heterocycles. The van der Waals surface area contributed by atoms with E-state index in [1.165, 1.54) is 0 Å². The summed E-state index contributed by atoms with van der Waals surface area (Å²) in [5.74, 6) is -0.00709. The zero-order chi connectivity index (χ0) is 19.5. The Hall–Kier alpha value is -2.41. The van der Waals surface area contributed by atoms with Gasteiger partial charge in [0.25, 0.3) is 0 Å². The van der Waals surface area contributed by atoms with Gasteiger partial charge in [-0.1, -0.05) is 23.7 Å². The Kier molecular flexibility index (Phi) is 5.62. The van der Waals surface area contributed by atoms with Gasteiger partial charge in [0.2, 0.25) is 11.8 Å². The molecule has 4 rings (SSSR count). The summed E-state index contributed by atoms with van der Waals surface area (Å²) < 4.78 is 5.35. The monoisotopic (exact) mass is 399 g/mol. The van der Waals surface area contributed by atoms with Crippen LogP contribution in [0.5, 0.6) is 0 Å².